The van der Waals surface area contributed by atoms with E-state index in [0.717, 1.165) is 24.2 Å². The molecule has 24 heavy (non-hydrogen) atoms. The van der Waals surface area contributed by atoms with E-state index in [1.807, 2.05) is 24.3 Å². The number of amides is 1. The summed E-state index contributed by atoms with van der Waals surface area (Å²) in [6.45, 7) is 2.20. The van der Waals surface area contributed by atoms with Crippen LogP contribution in [0.1, 0.15) is 63.4 Å². The molecule has 2 atom stereocenters. The van der Waals surface area contributed by atoms with Crippen LogP contribution < -0.4 is 10.1 Å². The van der Waals surface area contributed by atoms with Gasteiger partial charge < -0.3 is 15.2 Å². The Morgan fingerprint density at radius 1 is 1.33 bits per heavy atom. The molecule has 1 aliphatic rings. The van der Waals surface area contributed by atoms with Gasteiger partial charge >= 0.3 is 0 Å². The number of hydrogen-bond acceptors (Lipinski definition) is 3. The van der Waals surface area contributed by atoms with Crippen molar-refractivity contribution in [1.29, 1.82) is 0 Å². The molecule has 1 amide bonds. The van der Waals surface area contributed by atoms with Crippen molar-refractivity contribution < 1.29 is 14.6 Å². The summed E-state index contributed by atoms with van der Waals surface area (Å²) in [6.07, 6.45) is 7.22. The molecule has 4 heteroatoms. The fourth-order valence-electron chi connectivity index (χ4n) is 3.71. The number of aliphatic hydroxyl groups is 1. The van der Waals surface area contributed by atoms with E-state index in [0.29, 0.717) is 18.8 Å². The van der Waals surface area contributed by atoms with Crippen LogP contribution in [0.2, 0.25) is 0 Å². The van der Waals surface area contributed by atoms with Gasteiger partial charge in [0.2, 0.25) is 5.91 Å². The van der Waals surface area contributed by atoms with E-state index in [2.05, 4.69) is 12.2 Å². The lowest BCUT2D eigenvalue weighted by Gasteiger charge is -2.31. The molecule has 0 bridgehead atoms. The number of ether oxygens (including phenoxy) is 1. The molecule has 0 radical (unpaired) electrons. The van der Waals surface area contributed by atoms with E-state index < -0.39 is 0 Å². The quantitative estimate of drug-likeness (QED) is 0.763. The van der Waals surface area contributed by atoms with E-state index in [-0.39, 0.29) is 24.5 Å². The number of methoxy groups -OCH3 is 1. The Bertz CT molecular complexity index is 511. The predicted octanol–water partition coefficient (Wildman–Crippen LogP) is 3.64. The van der Waals surface area contributed by atoms with Crippen LogP contribution in [0.5, 0.6) is 5.75 Å². The minimum absolute atomic E-state index is 0.0781. The molecule has 1 saturated carbocycles. The van der Waals surface area contributed by atoms with E-state index in [4.69, 9.17) is 4.74 Å². The molecule has 0 aromatic heterocycles. The largest absolute Gasteiger partial charge is 0.497 e. The van der Waals surface area contributed by atoms with Crippen molar-refractivity contribution in [2.24, 2.45) is 5.92 Å². The lowest BCUT2D eigenvalue weighted by molar-refractivity contribution is -0.122. The second-order valence-corrected chi connectivity index (χ2v) is 6.97. The van der Waals surface area contributed by atoms with Crippen molar-refractivity contribution in [2.75, 3.05) is 13.7 Å². The van der Waals surface area contributed by atoms with Crippen molar-refractivity contribution >= 4 is 5.91 Å². The molecule has 2 N–H and O–H groups in total. The normalized spacial score (nSPS) is 18.0. The molecule has 0 heterocycles. The highest BCUT2D eigenvalue weighted by atomic mass is 16.5. The van der Waals surface area contributed by atoms with Gasteiger partial charge in [0, 0.05) is 19.1 Å². The fourth-order valence-corrected chi connectivity index (χ4v) is 3.71. The minimum Gasteiger partial charge on any atom is -0.497 e. The van der Waals surface area contributed by atoms with E-state index in [9.17, 15) is 9.90 Å². The first kappa shape index (κ1) is 18.8. The molecular weight excluding hydrogens is 302 g/mol. The molecule has 134 valence electrons. The average Bonchev–Trinajstić information content (AvgIpc) is 2.62. The third-order valence-electron chi connectivity index (χ3n) is 5.16. The Balaban J connectivity index is 1.91. The Morgan fingerprint density at radius 2 is 2.08 bits per heavy atom. The van der Waals surface area contributed by atoms with Crippen LogP contribution in [-0.4, -0.2) is 30.8 Å². The molecule has 1 aromatic rings. The van der Waals surface area contributed by atoms with Crippen LogP contribution in [0.25, 0.3) is 0 Å². The SMILES string of the molecule is COc1cccc([C@@H](C)CC(=O)N[C@H](CCO)C2CCCCC2)c1. The monoisotopic (exact) mass is 333 g/mol. The van der Waals surface area contributed by atoms with Gasteiger partial charge in [-0.2, -0.15) is 0 Å². The zero-order chi connectivity index (χ0) is 17.4. The zero-order valence-corrected chi connectivity index (χ0v) is 15.0. The Kier molecular flexibility index (Phi) is 7.57. The maximum Gasteiger partial charge on any atom is 0.220 e. The van der Waals surface area contributed by atoms with Crippen LogP contribution >= 0.6 is 0 Å². The lowest BCUT2D eigenvalue weighted by Crippen LogP contribution is -2.42. The highest BCUT2D eigenvalue weighted by Gasteiger charge is 2.25. The molecule has 0 spiro atoms. The third-order valence-corrected chi connectivity index (χ3v) is 5.16. The standard InChI is InChI=1S/C20H31NO3/c1-15(17-9-6-10-18(14-17)24-2)13-20(23)21-19(11-12-22)16-7-4-3-5-8-16/h6,9-10,14-16,19,22H,3-5,7-8,11-13H2,1-2H3,(H,21,23)/t15-,19+/m0/s1. The molecule has 1 fully saturated rings. The number of rotatable bonds is 8. The number of hydrogen-bond donors (Lipinski definition) is 2. The average molecular weight is 333 g/mol. The molecule has 0 aliphatic heterocycles. The zero-order valence-electron chi connectivity index (χ0n) is 15.0. The van der Waals surface area contributed by atoms with E-state index in [1.54, 1.807) is 7.11 Å². The summed E-state index contributed by atoms with van der Waals surface area (Å²) in [4.78, 5) is 12.5. The van der Waals surface area contributed by atoms with E-state index in [1.165, 1.54) is 19.3 Å². The molecule has 0 unspecified atom stereocenters. The van der Waals surface area contributed by atoms with Crippen LogP contribution in [-0.2, 0) is 4.79 Å². The topological polar surface area (TPSA) is 58.6 Å². The number of benzene rings is 1. The summed E-state index contributed by atoms with van der Waals surface area (Å²) in [5.41, 5.74) is 1.11. The maximum absolute atomic E-state index is 12.5. The van der Waals surface area contributed by atoms with Gasteiger partial charge in [-0.1, -0.05) is 38.3 Å². The van der Waals surface area contributed by atoms with E-state index >= 15 is 0 Å². The van der Waals surface area contributed by atoms with Crippen molar-refractivity contribution in [2.45, 2.75) is 63.8 Å². The van der Waals surface area contributed by atoms with Gasteiger partial charge in [0.1, 0.15) is 5.75 Å². The Morgan fingerprint density at radius 3 is 2.75 bits per heavy atom. The summed E-state index contributed by atoms with van der Waals surface area (Å²) in [7, 11) is 1.65. The number of carbonyl (C=O) groups excluding carboxylic acids is 1. The smallest absolute Gasteiger partial charge is 0.220 e. The summed E-state index contributed by atoms with van der Waals surface area (Å²) < 4.78 is 5.26. The van der Waals surface area contributed by atoms with Gasteiger partial charge in [0.25, 0.3) is 0 Å². The molecule has 1 aliphatic carbocycles. The fraction of sp³-hybridized carbons (Fsp3) is 0.650. The summed E-state index contributed by atoms with van der Waals surface area (Å²) in [5, 5.41) is 12.5. The second kappa shape index (κ2) is 9.67. The van der Waals surface area contributed by atoms with Crippen LogP contribution in [0.15, 0.2) is 24.3 Å². The van der Waals surface area contributed by atoms with Gasteiger partial charge in [0.15, 0.2) is 0 Å². The third kappa shape index (κ3) is 5.52. The first-order valence-electron chi connectivity index (χ1n) is 9.18. The maximum atomic E-state index is 12.5. The van der Waals surface area contributed by atoms with Gasteiger partial charge in [-0.05, 0) is 48.8 Å². The number of nitrogens with one attached hydrogen (secondary N) is 1. The van der Waals surface area contributed by atoms with Crippen molar-refractivity contribution in [3.8, 4) is 5.75 Å². The molecule has 0 saturated heterocycles. The predicted molar refractivity (Wildman–Crippen MR) is 96.2 cm³/mol. The number of aliphatic hydroxyl groups excluding tert-OH is 1. The molecule has 2 rings (SSSR count). The van der Waals surface area contributed by atoms with Crippen molar-refractivity contribution in [3.63, 3.8) is 0 Å². The Labute approximate surface area is 145 Å². The van der Waals surface area contributed by atoms with Crippen LogP contribution in [0, 0.1) is 5.92 Å². The van der Waals surface area contributed by atoms with Gasteiger partial charge in [-0.25, -0.2) is 0 Å². The van der Waals surface area contributed by atoms with Gasteiger partial charge in [-0.3, -0.25) is 4.79 Å². The number of carbonyl (C=O) groups is 1. The van der Waals surface area contributed by atoms with Gasteiger partial charge in [-0.15, -0.1) is 0 Å². The highest BCUT2D eigenvalue weighted by molar-refractivity contribution is 5.77. The summed E-state index contributed by atoms with van der Waals surface area (Å²) in [5.74, 6) is 1.55. The first-order chi connectivity index (χ1) is 11.6. The van der Waals surface area contributed by atoms with Gasteiger partial charge in [0.05, 0.1) is 7.11 Å². The minimum atomic E-state index is 0.0781. The summed E-state index contributed by atoms with van der Waals surface area (Å²) >= 11 is 0. The first-order valence-corrected chi connectivity index (χ1v) is 9.18. The van der Waals surface area contributed by atoms with Crippen molar-refractivity contribution in [3.05, 3.63) is 29.8 Å². The lowest BCUT2D eigenvalue weighted by atomic mass is 9.82. The second-order valence-electron chi connectivity index (χ2n) is 6.97. The highest BCUT2D eigenvalue weighted by Crippen LogP contribution is 2.28. The molecule has 4 nitrogen and oxygen atoms in total. The van der Waals surface area contributed by atoms with Crippen LogP contribution in [0.3, 0.4) is 0 Å². The molecular formula is C20H31NO3. The van der Waals surface area contributed by atoms with Crippen LogP contribution in [0.4, 0.5) is 0 Å². The summed E-state index contributed by atoms with van der Waals surface area (Å²) in [6, 6.07) is 8.01. The van der Waals surface area contributed by atoms with Crippen molar-refractivity contribution in [1.82, 2.24) is 5.32 Å². The molecule has 1 aromatic carbocycles. The Hall–Kier alpha value is -1.55.